The number of anilines is 1. The van der Waals surface area contributed by atoms with Crippen molar-refractivity contribution in [3.05, 3.63) is 16.9 Å². The molecule has 0 saturated heterocycles. The first-order valence-electron chi connectivity index (χ1n) is 6.19. The van der Waals surface area contributed by atoms with E-state index in [9.17, 15) is 0 Å². The predicted octanol–water partition coefficient (Wildman–Crippen LogP) is 2.42. The highest BCUT2D eigenvalue weighted by molar-refractivity contribution is 9.10. The lowest BCUT2D eigenvalue weighted by atomic mass is 9.82. The van der Waals surface area contributed by atoms with Gasteiger partial charge in [-0.25, -0.2) is 9.97 Å². The van der Waals surface area contributed by atoms with Crippen molar-refractivity contribution in [1.29, 1.82) is 0 Å². The Labute approximate surface area is 111 Å². The second kappa shape index (κ2) is 6.31. The van der Waals surface area contributed by atoms with E-state index in [4.69, 9.17) is 5.73 Å². The Balaban J connectivity index is 1.74. The Hall–Kier alpha value is -0.680. The van der Waals surface area contributed by atoms with Crippen molar-refractivity contribution in [1.82, 2.24) is 9.97 Å². The monoisotopic (exact) mass is 298 g/mol. The van der Waals surface area contributed by atoms with Gasteiger partial charge in [0.25, 0.3) is 0 Å². The van der Waals surface area contributed by atoms with Crippen molar-refractivity contribution < 1.29 is 0 Å². The fourth-order valence-corrected chi connectivity index (χ4v) is 2.52. The van der Waals surface area contributed by atoms with E-state index < -0.39 is 0 Å². The van der Waals surface area contributed by atoms with Crippen LogP contribution in [0.3, 0.4) is 0 Å². The van der Waals surface area contributed by atoms with E-state index >= 15 is 0 Å². The summed E-state index contributed by atoms with van der Waals surface area (Å²) in [6, 6.07) is 0. The molecule has 1 aromatic rings. The highest BCUT2D eigenvalue weighted by Gasteiger charge is 2.19. The minimum Gasteiger partial charge on any atom is -0.354 e. The Morgan fingerprint density at radius 3 is 2.35 bits per heavy atom. The van der Waals surface area contributed by atoms with Gasteiger partial charge in [0.1, 0.15) is 0 Å². The van der Waals surface area contributed by atoms with Gasteiger partial charge in [0.15, 0.2) is 0 Å². The summed E-state index contributed by atoms with van der Waals surface area (Å²) in [5.74, 6) is 2.20. The van der Waals surface area contributed by atoms with Gasteiger partial charge in [0.2, 0.25) is 5.95 Å². The molecule has 1 aliphatic carbocycles. The first kappa shape index (κ1) is 12.8. The van der Waals surface area contributed by atoms with Crippen molar-refractivity contribution in [3.63, 3.8) is 0 Å². The Morgan fingerprint density at radius 2 is 1.76 bits per heavy atom. The summed E-state index contributed by atoms with van der Waals surface area (Å²) in [6.07, 6.45) is 8.60. The summed E-state index contributed by atoms with van der Waals surface area (Å²) in [5.41, 5.74) is 5.69. The first-order chi connectivity index (χ1) is 8.28. The smallest absolute Gasteiger partial charge is 0.222 e. The zero-order chi connectivity index (χ0) is 12.1. The summed E-state index contributed by atoms with van der Waals surface area (Å²) in [6.45, 7) is 1.81. The van der Waals surface area contributed by atoms with Crippen molar-refractivity contribution >= 4 is 21.9 Å². The molecule has 0 amide bonds. The molecule has 0 atom stereocenters. The number of aromatic nitrogens is 2. The second-order valence-corrected chi connectivity index (χ2v) is 5.64. The third-order valence-corrected chi connectivity index (χ3v) is 3.88. The molecule has 1 aromatic heterocycles. The minimum absolute atomic E-state index is 0.717. The van der Waals surface area contributed by atoms with Crippen LogP contribution in [0.1, 0.15) is 25.7 Å². The van der Waals surface area contributed by atoms with Gasteiger partial charge in [-0.1, -0.05) is 0 Å². The number of nitrogens with two attached hydrogens (primary N) is 1. The number of halogens is 1. The lowest BCUT2D eigenvalue weighted by molar-refractivity contribution is 0.289. The minimum atomic E-state index is 0.717. The summed E-state index contributed by atoms with van der Waals surface area (Å²) >= 11 is 3.32. The summed E-state index contributed by atoms with van der Waals surface area (Å²) in [5, 5.41) is 3.30. The molecule has 17 heavy (non-hydrogen) atoms. The van der Waals surface area contributed by atoms with Gasteiger partial charge in [-0.2, -0.15) is 0 Å². The maximum atomic E-state index is 5.69. The average molecular weight is 299 g/mol. The second-order valence-electron chi connectivity index (χ2n) is 4.73. The van der Waals surface area contributed by atoms with Crippen LogP contribution >= 0.6 is 15.9 Å². The van der Waals surface area contributed by atoms with Crippen LogP contribution < -0.4 is 11.1 Å². The highest BCUT2D eigenvalue weighted by atomic mass is 79.9. The molecule has 0 aliphatic heterocycles. The molecule has 1 fully saturated rings. The van der Waals surface area contributed by atoms with Crippen LogP contribution in [-0.2, 0) is 0 Å². The molecule has 3 N–H and O–H groups in total. The molecule has 0 radical (unpaired) electrons. The number of nitrogens with zero attached hydrogens (tertiary/aromatic N) is 2. The zero-order valence-corrected chi connectivity index (χ0v) is 11.5. The predicted molar refractivity (Wildman–Crippen MR) is 72.7 cm³/mol. The standard InChI is InChI=1S/C12H19BrN4/c13-11-7-16-12(17-8-11)15-6-10-3-1-9(5-14)2-4-10/h7-10H,1-6,14H2,(H,15,16,17). The number of rotatable bonds is 4. The van der Waals surface area contributed by atoms with E-state index in [0.717, 1.165) is 29.4 Å². The average Bonchev–Trinajstić information content (AvgIpc) is 2.39. The third kappa shape index (κ3) is 3.92. The van der Waals surface area contributed by atoms with E-state index in [-0.39, 0.29) is 0 Å². The molecule has 0 bridgehead atoms. The Bertz CT molecular complexity index is 333. The highest BCUT2D eigenvalue weighted by Crippen LogP contribution is 2.27. The maximum Gasteiger partial charge on any atom is 0.222 e. The fourth-order valence-electron chi connectivity index (χ4n) is 2.31. The SMILES string of the molecule is NCC1CCC(CNc2ncc(Br)cn2)CC1. The molecule has 0 aromatic carbocycles. The first-order valence-corrected chi connectivity index (χ1v) is 6.98. The molecule has 5 heteroatoms. The van der Waals surface area contributed by atoms with Crippen LogP contribution in [-0.4, -0.2) is 23.1 Å². The van der Waals surface area contributed by atoms with Gasteiger partial charge < -0.3 is 11.1 Å². The number of hydrogen-bond donors (Lipinski definition) is 2. The number of hydrogen-bond acceptors (Lipinski definition) is 4. The van der Waals surface area contributed by atoms with Gasteiger partial charge >= 0.3 is 0 Å². The largest absolute Gasteiger partial charge is 0.354 e. The van der Waals surface area contributed by atoms with Crippen molar-refractivity contribution in [2.45, 2.75) is 25.7 Å². The fraction of sp³-hybridized carbons (Fsp3) is 0.667. The molecule has 2 rings (SSSR count). The van der Waals surface area contributed by atoms with Gasteiger partial charge in [0.05, 0.1) is 4.47 Å². The quantitative estimate of drug-likeness (QED) is 0.896. The van der Waals surface area contributed by atoms with E-state index in [1.807, 2.05) is 0 Å². The normalized spacial score (nSPS) is 24.6. The Kier molecular flexibility index (Phi) is 4.74. The molecule has 0 unspecified atom stereocenters. The molecular weight excluding hydrogens is 280 g/mol. The van der Waals surface area contributed by atoms with Gasteiger partial charge in [-0.3, -0.25) is 0 Å². The van der Waals surface area contributed by atoms with Crippen LogP contribution in [0.25, 0.3) is 0 Å². The van der Waals surface area contributed by atoms with Crippen molar-refractivity contribution in [3.8, 4) is 0 Å². The van der Waals surface area contributed by atoms with E-state index in [1.165, 1.54) is 25.7 Å². The summed E-state index contributed by atoms with van der Waals surface area (Å²) < 4.78 is 0.909. The molecule has 4 nitrogen and oxygen atoms in total. The van der Waals surface area contributed by atoms with Crippen molar-refractivity contribution in [2.24, 2.45) is 17.6 Å². The lowest BCUT2D eigenvalue weighted by Gasteiger charge is -2.27. The molecule has 1 heterocycles. The van der Waals surface area contributed by atoms with E-state index in [0.29, 0.717) is 5.95 Å². The summed E-state index contributed by atoms with van der Waals surface area (Å²) in [7, 11) is 0. The van der Waals surface area contributed by atoms with Crippen LogP contribution in [0.15, 0.2) is 16.9 Å². The van der Waals surface area contributed by atoms with E-state index in [2.05, 4.69) is 31.2 Å². The molecular formula is C12H19BrN4. The summed E-state index contributed by atoms with van der Waals surface area (Å²) in [4.78, 5) is 8.41. The molecule has 0 spiro atoms. The Morgan fingerprint density at radius 1 is 1.18 bits per heavy atom. The van der Waals surface area contributed by atoms with Crippen LogP contribution in [0.4, 0.5) is 5.95 Å². The topological polar surface area (TPSA) is 63.8 Å². The molecule has 94 valence electrons. The van der Waals surface area contributed by atoms with Crippen LogP contribution in [0.2, 0.25) is 0 Å². The maximum absolute atomic E-state index is 5.69. The molecule has 1 saturated carbocycles. The van der Waals surface area contributed by atoms with Crippen LogP contribution in [0, 0.1) is 11.8 Å². The molecule has 1 aliphatic rings. The third-order valence-electron chi connectivity index (χ3n) is 3.47. The van der Waals surface area contributed by atoms with Gasteiger partial charge in [-0.05, 0) is 60.0 Å². The van der Waals surface area contributed by atoms with Crippen LogP contribution in [0.5, 0.6) is 0 Å². The van der Waals surface area contributed by atoms with Crippen molar-refractivity contribution in [2.75, 3.05) is 18.4 Å². The van der Waals surface area contributed by atoms with Gasteiger partial charge in [0, 0.05) is 18.9 Å². The van der Waals surface area contributed by atoms with E-state index in [1.54, 1.807) is 12.4 Å². The zero-order valence-electron chi connectivity index (χ0n) is 9.90. The van der Waals surface area contributed by atoms with Gasteiger partial charge in [-0.15, -0.1) is 0 Å². The number of nitrogens with one attached hydrogen (secondary N) is 1. The lowest BCUT2D eigenvalue weighted by Crippen LogP contribution is -2.25.